The number of allylic oxidation sites excluding steroid dienone is 1. The minimum absolute atomic E-state index is 0.0416. The summed E-state index contributed by atoms with van der Waals surface area (Å²) in [6.07, 6.45) is -3.00. The molecular weight excluding hydrogens is 291 g/mol. The summed E-state index contributed by atoms with van der Waals surface area (Å²) in [6, 6.07) is 4.33. The van der Waals surface area contributed by atoms with Crippen LogP contribution in [0.2, 0.25) is 0 Å². The normalized spacial score (nSPS) is 18.3. The summed E-state index contributed by atoms with van der Waals surface area (Å²) < 4.78 is 53.2. The molecule has 1 unspecified atom stereocenters. The first-order chi connectivity index (χ1) is 9.33. The van der Waals surface area contributed by atoms with Gasteiger partial charge in [-0.3, -0.25) is 0 Å². The van der Waals surface area contributed by atoms with Crippen LogP contribution in [0.3, 0.4) is 0 Å². The minimum atomic E-state index is -4.40. The van der Waals surface area contributed by atoms with E-state index < -0.39 is 23.6 Å². The van der Waals surface area contributed by atoms with Crippen LogP contribution in [0.4, 0.5) is 13.2 Å². The van der Waals surface area contributed by atoms with E-state index in [4.69, 9.17) is 5.73 Å². The molecule has 1 aliphatic heterocycles. The fraction of sp³-hybridized carbons (Fsp3) is 0.385. The largest absolute Gasteiger partial charge is 0.484 e. The average Bonchev–Trinajstić information content (AvgIpc) is 2.61. The van der Waals surface area contributed by atoms with Gasteiger partial charge >= 0.3 is 6.18 Å². The van der Waals surface area contributed by atoms with Gasteiger partial charge in [-0.05, 0) is 24.6 Å². The Balaban J connectivity index is 2.23. The van der Waals surface area contributed by atoms with Gasteiger partial charge in [-0.25, -0.2) is 4.21 Å². The number of hydrogen-bond donors (Lipinski definition) is 1. The first-order valence-electron chi connectivity index (χ1n) is 6.08. The molecule has 1 atom stereocenters. The van der Waals surface area contributed by atoms with E-state index in [0.717, 1.165) is 6.42 Å². The Bertz CT molecular complexity index is 581. The highest BCUT2D eigenvalue weighted by Crippen LogP contribution is 2.37. The van der Waals surface area contributed by atoms with Crippen molar-refractivity contribution in [3.05, 3.63) is 28.7 Å². The lowest BCUT2D eigenvalue weighted by Crippen LogP contribution is -2.19. The van der Waals surface area contributed by atoms with E-state index in [9.17, 15) is 17.4 Å². The Kier molecular flexibility index (Phi) is 4.08. The van der Waals surface area contributed by atoms with E-state index in [-0.39, 0.29) is 5.75 Å². The number of alkyl halides is 3. The first kappa shape index (κ1) is 14.9. The maximum atomic E-state index is 12.2. The van der Waals surface area contributed by atoms with Crippen molar-refractivity contribution >= 4 is 16.5 Å². The molecule has 0 saturated heterocycles. The van der Waals surface area contributed by atoms with Crippen LogP contribution in [-0.4, -0.2) is 17.0 Å². The standard InChI is InChI=1S/C13H14F3NO2S/c1-2-3-10-12(17)9-5-4-8(6-11(9)20(10)18)19-7-13(14,15)16/h4-6H,2-3,7,17H2,1H3. The highest BCUT2D eigenvalue weighted by molar-refractivity contribution is 7.89. The molecule has 0 amide bonds. The Labute approximate surface area is 117 Å². The van der Waals surface area contributed by atoms with Crippen LogP contribution in [0.5, 0.6) is 5.75 Å². The zero-order chi connectivity index (χ0) is 14.9. The number of hydrogen-bond acceptors (Lipinski definition) is 3. The summed E-state index contributed by atoms with van der Waals surface area (Å²) in [6.45, 7) is 0.571. The van der Waals surface area contributed by atoms with Crippen LogP contribution in [0.15, 0.2) is 28.0 Å². The molecule has 2 N–H and O–H groups in total. The third-order valence-corrected chi connectivity index (χ3v) is 4.46. The van der Waals surface area contributed by atoms with E-state index in [1.54, 1.807) is 6.07 Å². The van der Waals surface area contributed by atoms with Gasteiger partial charge in [-0.2, -0.15) is 13.2 Å². The van der Waals surface area contributed by atoms with Crippen LogP contribution in [-0.2, 0) is 10.8 Å². The fourth-order valence-electron chi connectivity index (χ4n) is 1.97. The van der Waals surface area contributed by atoms with Crippen molar-refractivity contribution in [2.45, 2.75) is 30.8 Å². The summed E-state index contributed by atoms with van der Waals surface area (Å²) >= 11 is 0. The molecule has 110 valence electrons. The molecule has 1 heterocycles. The molecule has 0 aliphatic carbocycles. The number of halogens is 3. The predicted octanol–water partition coefficient (Wildman–Crippen LogP) is 3.18. The summed E-state index contributed by atoms with van der Waals surface area (Å²) in [7, 11) is -1.41. The van der Waals surface area contributed by atoms with E-state index in [0.29, 0.717) is 27.5 Å². The number of rotatable bonds is 4. The summed E-state index contributed by atoms with van der Waals surface area (Å²) in [5.41, 5.74) is 7.00. The third-order valence-electron chi connectivity index (χ3n) is 2.85. The van der Waals surface area contributed by atoms with Gasteiger partial charge in [0.1, 0.15) is 5.75 Å². The Hall–Kier alpha value is -1.50. The quantitative estimate of drug-likeness (QED) is 0.929. The van der Waals surface area contributed by atoms with Crippen molar-refractivity contribution in [1.82, 2.24) is 0 Å². The maximum Gasteiger partial charge on any atom is 0.422 e. The molecule has 7 heteroatoms. The number of ether oxygens (including phenoxy) is 1. The van der Waals surface area contributed by atoms with Gasteiger partial charge in [0.15, 0.2) is 6.61 Å². The lowest BCUT2D eigenvalue weighted by atomic mass is 10.1. The van der Waals surface area contributed by atoms with Gasteiger partial charge in [0.25, 0.3) is 0 Å². The molecule has 3 nitrogen and oxygen atoms in total. The molecule has 0 aromatic heterocycles. The molecule has 0 saturated carbocycles. The van der Waals surface area contributed by atoms with Crippen LogP contribution in [0.1, 0.15) is 25.3 Å². The monoisotopic (exact) mass is 305 g/mol. The van der Waals surface area contributed by atoms with Crippen molar-refractivity contribution in [2.24, 2.45) is 5.73 Å². The van der Waals surface area contributed by atoms with Crippen LogP contribution in [0.25, 0.3) is 5.70 Å². The Morgan fingerprint density at radius 1 is 1.35 bits per heavy atom. The van der Waals surface area contributed by atoms with Gasteiger partial charge < -0.3 is 10.5 Å². The fourth-order valence-corrected chi connectivity index (χ4v) is 3.54. The topological polar surface area (TPSA) is 52.3 Å². The third kappa shape index (κ3) is 2.98. The summed E-state index contributed by atoms with van der Waals surface area (Å²) in [4.78, 5) is 1.06. The molecule has 0 bridgehead atoms. The lowest BCUT2D eigenvalue weighted by Gasteiger charge is -2.10. The van der Waals surface area contributed by atoms with Crippen molar-refractivity contribution in [1.29, 1.82) is 0 Å². The zero-order valence-corrected chi connectivity index (χ0v) is 11.6. The molecule has 0 radical (unpaired) electrons. The van der Waals surface area contributed by atoms with Gasteiger partial charge in [0.2, 0.25) is 0 Å². The van der Waals surface area contributed by atoms with Crippen LogP contribution >= 0.6 is 0 Å². The smallest absolute Gasteiger partial charge is 0.422 e. The van der Waals surface area contributed by atoms with Crippen LogP contribution < -0.4 is 10.5 Å². The number of benzene rings is 1. The molecule has 2 rings (SSSR count). The predicted molar refractivity (Wildman–Crippen MR) is 70.4 cm³/mol. The van der Waals surface area contributed by atoms with E-state index in [1.165, 1.54) is 12.1 Å². The Morgan fingerprint density at radius 2 is 2.05 bits per heavy atom. The van der Waals surface area contributed by atoms with Gasteiger partial charge in [-0.1, -0.05) is 13.3 Å². The molecule has 0 spiro atoms. The van der Waals surface area contributed by atoms with Gasteiger partial charge in [-0.15, -0.1) is 0 Å². The second-order valence-electron chi connectivity index (χ2n) is 4.42. The second kappa shape index (κ2) is 5.47. The molecule has 20 heavy (non-hydrogen) atoms. The molecular formula is C13H14F3NO2S. The number of nitrogens with two attached hydrogens (primary N) is 1. The van der Waals surface area contributed by atoms with Crippen LogP contribution in [0, 0.1) is 0 Å². The van der Waals surface area contributed by atoms with Crippen molar-refractivity contribution < 1.29 is 22.1 Å². The molecule has 1 aromatic carbocycles. The first-order valence-corrected chi connectivity index (χ1v) is 7.23. The SMILES string of the molecule is CCCC1=C(N)c2ccc(OCC(F)(F)F)cc2S1=O. The number of fused-ring (bicyclic) bond motifs is 1. The van der Waals surface area contributed by atoms with Crippen molar-refractivity contribution in [3.63, 3.8) is 0 Å². The average molecular weight is 305 g/mol. The van der Waals surface area contributed by atoms with Crippen molar-refractivity contribution in [2.75, 3.05) is 6.61 Å². The molecule has 1 aliphatic rings. The van der Waals surface area contributed by atoms with E-state index in [1.807, 2.05) is 6.92 Å². The minimum Gasteiger partial charge on any atom is -0.484 e. The molecule has 0 fully saturated rings. The van der Waals surface area contributed by atoms with E-state index in [2.05, 4.69) is 4.74 Å². The Morgan fingerprint density at radius 3 is 2.65 bits per heavy atom. The second-order valence-corrected chi connectivity index (χ2v) is 5.89. The summed E-state index contributed by atoms with van der Waals surface area (Å²) in [5, 5.41) is 0. The van der Waals surface area contributed by atoms with E-state index >= 15 is 0 Å². The summed E-state index contributed by atoms with van der Waals surface area (Å²) in [5.74, 6) is 0.0416. The molecule has 1 aromatic rings. The lowest BCUT2D eigenvalue weighted by molar-refractivity contribution is -0.153. The van der Waals surface area contributed by atoms with Gasteiger partial charge in [0, 0.05) is 10.5 Å². The zero-order valence-electron chi connectivity index (χ0n) is 10.8. The highest BCUT2D eigenvalue weighted by atomic mass is 32.2. The highest BCUT2D eigenvalue weighted by Gasteiger charge is 2.30. The van der Waals surface area contributed by atoms with Crippen molar-refractivity contribution in [3.8, 4) is 5.75 Å². The maximum absolute atomic E-state index is 12.2. The van der Waals surface area contributed by atoms with Gasteiger partial charge in [0.05, 0.1) is 21.4 Å².